The Balaban J connectivity index is 2.01. The van der Waals surface area contributed by atoms with E-state index in [1.165, 1.54) is 11.3 Å². The Morgan fingerprint density at radius 3 is 2.78 bits per heavy atom. The molecule has 1 fully saturated rings. The largest absolute Gasteiger partial charge is 0.397 e. The summed E-state index contributed by atoms with van der Waals surface area (Å²) in [6.45, 7) is 4.29. The zero-order valence-corrected chi connectivity index (χ0v) is 11.8. The summed E-state index contributed by atoms with van der Waals surface area (Å²) in [5, 5.41) is 1.07. The van der Waals surface area contributed by atoms with E-state index in [0.29, 0.717) is 16.5 Å². The lowest BCUT2D eigenvalue weighted by Crippen LogP contribution is -2.29. The number of nitrogens with two attached hydrogens (primary N) is 1. The molecule has 5 heteroatoms. The lowest BCUT2D eigenvalue weighted by Gasteiger charge is -2.27. The molecule has 2 N–H and O–H groups in total. The molecule has 0 aliphatic carbocycles. The zero-order valence-electron chi connectivity index (χ0n) is 10.9. The van der Waals surface area contributed by atoms with E-state index in [4.69, 9.17) is 10.5 Å². The molecule has 2 heterocycles. The standard InChI is InChI=1S/C13H20N2O2S/c1-9(16)13-11(14)7-12(18-13)15(2)8-10-3-5-17-6-4-10/h7,10H,3-6,8,14H2,1-2H3. The highest BCUT2D eigenvalue weighted by atomic mass is 32.1. The second kappa shape index (κ2) is 5.71. The normalized spacial score (nSPS) is 16.8. The smallest absolute Gasteiger partial charge is 0.171 e. The quantitative estimate of drug-likeness (QED) is 0.852. The van der Waals surface area contributed by atoms with Crippen molar-refractivity contribution in [3.8, 4) is 0 Å². The van der Waals surface area contributed by atoms with Crippen LogP contribution in [0.15, 0.2) is 6.07 Å². The predicted octanol–water partition coefficient (Wildman–Crippen LogP) is 2.40. The number of carbonyl (C=O) groups is 1. The highest BCUT2D eigenvalue weighted by Gasteiger charge is 2.18. The summed E-state index contributed by atoms with van der Waals surface area (Å²) >= 11 is 1.48. The maximum atomic E-state index is 11.4. The summed E-state index contributed by atoms with van der Waals surface area (Å²) in [6, 6.07) is 1.90. The van der Waals surface area contributed by atoms with Crippen molar-refractivity contribution in [1.29, 1.82) is 0 Å². The van der Waals surface area contributed by atoms with Gasteiger partial charge in [-0.25, -0.2) is 0 Å². The van der Waals surface area contributed by atoms with Crippen LogP contribution >= 0.6 is 11.3 Å². The summed E-state index contributed by atoms with van der Waals surface area (Å²) < 4.78 is 5.36. The number of hydrogen-bond donors (Lipinski definition) is 1. The van der Waals surface area contributed by atoms with E-state index in [1.807, 2.05) is 6.07 Å². The number of thiophene rings is 1. The first-order valence-corrected chi connectivity index (χ1v) is 7.08. The molecule has 0 aromatic carbocycles. The second-order valence-corrected chi connectivity index (χ2v) is 5.89. The first-order valence-electron chi connectivity index (χ1n) is 6.27. The van der Waals surface area contributed by atoms with Crippen molar-refractivity contribution in [3.05, 3.63) is 10.9 Å². The van der Waals surface area contributed by atoms with Crippen LogP contribution in [0.5, 0.6) is 0 Å². The van der Waals surface area contributed by atoms with Crippen LogP contribution in [0.2, 0.25) is 0 Å². The fraction of sp³-hybridized carbons (Fsp3) is 0.615. The van der Waals surface area contributed by atoms with Crippen molar-refractivity contribution < 1.29 is 9.53 Å². The van der Waals surface area contributed by atoms with Gasteiger partial charge in [-0.3, -0.25) is 4.79 Å². The van der Waals surface area contributed by atoms with Gasteiger partial charge in [-0.2, -0.15) is 0 Å². The molecule has 1 aromatic heterocycles. The molecule has 1 aliphatic heterocycles. The van der Waals surface area contributed by atoms with E-state index >= 15 is 0 Å². The zero-order chi connectivity index (χ0) is 13.1. The third-order valence-electron chi connectivity index (χ3n) is 3.32. The van der Waals surface area contributed by atoms with Gasteiger partial charge in [-0.1, -0.05) is 0 Å². The van der Waals surface area contributed by atoms with Crippen LogP contribution < -0.4 is 10.6 Å². The van der Waals surface area contributed by atoms with Crippen LogP contribution in [-0.4, -0.2) is 32.6 Å². The van der Waals surface area contributed by atoms with Crippen LogP contribution in [0.1, 0.15) is 29.4 Å². The Bertz CT molecular complexity index is 425. The third-order valence-corrected chi connectivity index (χ3v) is 4.68. The van der Waals surface area contributed by atoms with Crippen molar-refractivity contribution in [2.24, 2.45) is 5.92 Å². The molecule has 1 aromatic rings. The minimum absolute atomic E-state index is 0.0446. The van der Waals surface area contributed by atoms with E-state index in [9.17, 15) is 4.79 Å². The first kappa shape index (κ1) is 13.4. The summed E-state index contributed by atoms with van der Waals surface area (Å²) in [6.07, 6.45) is 2.23. The number of rotatable bonds is 4. The molecule has 0 unspecified atom stereocenters. The molecule has 0 spiro atoms. The lowest BCUT2D eigenvalue weighted by atomic mass is 10.00. The number of anilines is 2. The molecule has 4 nitrogen and oxygen atoms in total. The molecule has 1 saturated heterocycles. The predicted molar refractivity (Wildman–Crippen MR) is 75.5 cm³/mol. The maximum Gasteiger partial charge on any atom is 0.171 e. The number of ketones is 1. The van der Waals surface area contributed by atoms with Gasteiger partial charge in [0.15, 0.2) is 5.78 Å². The van der Waals surface area contributed by atoms with Gasteiger partial charge >= 0.3 is 0 Å². The first-order chi connectivity index (χ1) is 8.58. The SMILES string of the molecule is CC(=O)c1sc(N(C)CC2CCOCC2)cc1N. The van der Waals surface area contributed by atoms with E-state index in [1.54, 1.807) is 6.92 Å². The number of nitrogens with zero attached hydrogens (tertiary/aromatic N) is 1. The van der Waals surface area contributed by atoms with Gasteiger partial charge in [0.25, 0.3) is 0 Å². The van der Waals surface area contributed by atoms with Gasteiger partial charge in [0, 0.05) is 33.7 Å². The Morgan fingerprint density at radius 1 is 1.56 bits per heavy atom. The van der Waals surface area contributed by atoms with Crippen LogP contribution in [0.4, 0.5) is 10.7 Å². The molecular formula is C13H20N2O2S. The summed E-state index contributed by atoms with van der Waals surface area (Å²) in [7, 11) is 2.06. The number of hydrogen-bond acceptors (Lipinski definition) is 5. The average molecular weight is 268 g/mol. The fourth-order valence-electron chi connectivity index (χ4n) is 2.26. The van der Waals surface area contributed by atoms with Crippen molar-refractivity contribution in [3.63, 3.8) is 0 Å². The summed E-state index contributed by atoms with van der Waals surface area (Å²) in [5.41, 5.74) is 6.45. The van der Waals surface area contributed by atoms with Gasteiger partial charge in [-0.05, 0) is 24.8 Å². The van der Waals surface area contributed by atoms with Gasteiger partial charge in [0.05, 0.1) is 15.6 Å². The van der Waals surface area contributed by atoms with Crippen molar-refractivity contribution >= 4 is 27.8 Å². The molecule has 0 atom stereocenters. The van der Waals surface area contributed by atoms with Crippen LogP contribution in [-0.2, 0) is 4.74 Å². The lowest BCUT2D eigenvalue weighted by molar-refractivity contribution is 0.0685. The Hall–Kier alpha value is -1.07. The molecule has 0 saturated carbocycles. The highest BCUT2D eigenvalue weighted by Crippen LogP contribution is 2.32. The molecule has 100 valence electrons. The van der Waals surface area contributed by atoms with Gasteiger partial charge in [0.1, 0.15) is 0 Å². The highest BCUT2D eigenvalue weighted by molar-refractivity contribution is 7.18. The van der Waals surface area contributed by atoms with E-state index in [-0.39, 0.29) is 5.78 Å². The van der Waals surface area contributed by atoms with Crippen LogP contribution in [0.25, 0.3) is 0 Å². The van der Waals surface area contributed by atoms with Gasteiger partial charge < -0.3 is 15.4 Å². The molecular weight excluding hydrogens is 248 g/mol. The Kier molecular flexibility index (Phi) is 4.24. The monoisotopic (exact) mass is 268 g/mol. The third kappa shape index (κ3) is 3.03. The molecule has 0 amide bonds. The summed E-state index contributed by atoms with van der Waals surface area (Å²) in [4.78, 5) is 14.3. The minimum Gasteiger partial charge on any atom is -0.397 e. The number of Topliss-reactive ketones (excluding diaryl/α,β-unsaturated/α-hetero) is 1. The van der Waals surface area contributed by atoms with Crippen LogP contribution in [0, 0.1) is 5.92 Å². The molecule has 0 bridgehead atoms. The van der Waals surface area contributed by atoms with E-state index < -0.39 is 0 Å². The summed E-state index contributed by atoms with van der Waals surface area (Å²) in [5.74, 6) is 0.719. The van der Waals surface area contributed by atoms with E-state index in [0.717, 1.165) is 37.6 Å². The molecule has 18 heavy (non-hydrogen) atoms. The number of carbonyl (C=O) groups excluding carboxylic acids is 1. The van der Waals surface area contributed by atoms with E-state index in [2.05, 4.69) is 11.9 Å². The average Bonchev–Trinajstić information content (AvgIpc) is 2.73. The second-order valence-electron chi connectivity index (χ2n) is 4.86. The molecule has 2 rings (SSSR count). The molecule has 1 aliphatic rings. The maximum absolute atomic E-state index is 11.4. The Morgan fingerprint density at radius 2 is 2.22 bits per heavy atom. The van der Waals surface area contributed by atoms with Crippen molar-refractivity contribution in [1.82, 2.24) is 0 Å². The number of ether oxygens (including phenoxy) is 1. The Labute approximate surface area is 112 Å². The number of nitrogen functional groups attached to an aromatic ring is 1. The van der Waals surface area contributed by atoms with Crippen LogP contribution in [0.3, 0.4) is 0 Å². The topological polar surface area (TPSA) is 55.6 Å². The van der Waals surface area contributed by atoms with Crippen molar-refractivity contribution in [2.75, 3.05) is 37.4 Å². The minimum atomic E-state index is 0.0446. The van der Waals surface area contributed by atoms with Crippen molar-refractivity contribution in [2.45, 2.75) is 19.8 Å². The fourth-order valence-corrected chi connectivity index (χ4v) is 3.21. The van der Waals surface area contributed by atoms with Gasteiger partial charge in [-0.15, -0.1) is 11.3 Å². The molecule has 0 radical (unpaired) electrons. The van der Waals surface area contributed by atoms with Gasteiger partial charge in [0.2, 0.25) is 0 Å².